The van der Waals surface area contributed by atoms with Crippen LogP contribution in [0, 0.1) is 6.92 Å². The van der Waals surface area contributed by atoms with Gasteiger partial charge in [0.05, 0.1) is 19.8 Å². The number of rotatable bonds is 8. The summed E-state index contributed by atoms with van der Waals surface area (Å²) in [7, 11) is 1.65. The Morgan fingerprint density at radius 1 is 1.29 bits per heavy atom. The van der Waals surface area contributed by atoms with Gasteiger partial charge < -0.3 is 14.8 Å². The Bertz CT molecular complexity index is 334. The molecule has 1 rings (SSSR count). The Labute approximate surface area is 101 Å². The third-order valence-corrected chi connectivity index (χ3v) is 1.97. The molecule has 0 aromatic carbocycles. The molecule has 0 aliphatic carbocycles. The molecule has 7 heteroatoms. The maximum atomic E-state index is 5.31. The van der Waals surface area contributed by atoms with Gasteiger partial charge in [0.15, 0.2) is 0 Å². The van der Waals surface area contributed by atoms with Crippen LogP contribution in [0.25, 0.3) is 0 Å². The number of anilines is 2. The van der Waals surface area contributed by atoms with Crippen molar-refractivity contribution in [1.82, 2.24) is 9.97 Å². The molecule has 1 aromatic rings. The number of aryl methyl sites for hydroxylation is 1. The molecule has 0 radical (unpaired) electrons. The summed E-state index contributed by atoms with van der Waals surface area (Å²) in [6.45, 7) is 4.34. The van der Waals surface area contributed by atoms with E-state index >= 15 is 0 Å². The van der Waals surface area contributed by atoms with E-state index in [9.17, 15) is 0 Å². The van der Waals surface area contributed by atoms with E-state index in [0.29, 0.717) is 32.3 Å². The zero-order valence-corrected chi connectivity index (χ0v) is 10.2. The van der Waals surface area contributed by atoms with Crippen LogP contribution in [0.4, 0.5) is 11.8 Å². The minimum Gasteiger partial charge on any atom is -0.382 e. The van der Waals surface area contributed by atoms with Crippen LogP contribution in [-0.4, -0.2) is 43.4 Å². The quantitative estimate of drug-likeness (QED) is 0.338. The van der Waals surface area contributed by atoms with Gasteiger partial charge in [0.1, 0.15) is 5.82 Å². The molecule has 0 aliphatic heterocycles. The van der Waals surface area contributed by atoms with Crippen LogP contribution in [0.5, 0.6) is 0 Å². The average molecular weight is 241 g/mol. The first kappa shape index (κ1) is 13.6. The maximum absolute atomic E-state index is 5.31. The van der Waals surface area contributed by atoms with Gasteiger partial charge in [0.2, 0.25) is 5.95 Å². The molecule has 0 unspecified atom stereocenters. The predicted molar refractivity (Wildman–Crippen MR) is 65.8 cm³/mol. The lowest BCUT2D eigenvalue weighted by Crippen LogP contribution is -2.15. The van der Waals surface area contributed by atoms with Crippen molar-refractivity contribution >= 4 is 11.8 Å². The van der Waals surface area contributed by atoms with Gasteiger partial charge in [-0.25, -0.2) is 10.8 Å². The standard InChI is InChI=1S/C10H19N5O2/c1-8-7-9(14-10(13-8)15-11)12-3-4-17-6-5-16-2/h7H,3-6,11H2,1-2H3,(H2,12,13,14,15). The highest BCUT2D eigenvalue weighted by molar-refractivity contribution is 5.41. The largest absolute Gasteiger partial charge is 0.382 e. The van der Waals surface area contributed by atoms with Gasteiger partial charge in [-0.1, -0.05) is 0 Å². The van der Waals surface area contributed by atoms with E-state index < -0.39 is 0 Å². The summed E-state index contributed by atoms with van der Waals surface area (Å²) in [6, 6.07) is 1.84. The van der Waals surface area contributed by atoms with Gasteiger partial charge in [-0.2, -0.15) is 4.98 Å². The Kier molecular flexibility index (Phi) is 6.23. The normalized spacial score (nSPS) is 10.3. The summed E-state index contributed by atoms with van der Waals surface area (Å²) in [6.07, 6.45) is 0. The zero-order chi connectivity index (χ0) is 12.5. The van der Waals surface area contributed by atoms with Gasteiger partial charge in [0, 0.05) is 25.4 Å². The van der Waals surface area contributed by atoms with E-state index in [0.717, 1.165) is 11.5 Å². The number of methoxy groups -OCH3 is 1. The first-order valence-corrected chi connectivity index (χ1v) is 5.39. The zero-order valence-electron chi connectivity index (χ0n) is 10.2. The molecular weight excluding hydrogens is 222 g/mol. The highest BCUT2D eigenvalue weighted by Gasteiger charge is 1.99. The molecule has 0 amide bonds. The second-order valence-electron chi connectivity index (χ2n) is 3.39. The van der Waals surface area contributed by atoms with Crippen LogP contribution in [0.1, 0.15) is 5.69 Å². The van der Waals surface area contributed by atoms with Gasteiger partial charge in [-0.3, -0.25) is 5.43 Å². The molecule has 1 aromatic heterocycles. The Balaban J connectivity index is 2.28. The Hall–Kier alpha value is -1.44. The summed E-state index contributed by atoms with van der Waals surface area (Å²) in [4.78, 5) is 8.23. The van der Waals surface area contributed by atoms with Gasteiger partial charge in [0.25, 0.3) is 0 Å². The van der Waals surface area contributed by atoms with Gasteiger partial charge >= 0.3 is 0 Å². The lowest BCUT2D eigenvalue weighted by atomic mass is 10.4. The number of nitrogens with one attached hydrogen (secondary N) is 2. The van der Waals surface area contributed by atoms with Crippen LogP contribution in [-0.2, 0) is 9.47 Å². The van der Waals surface area contributed by atoms with Crippen molar-refractivity contribution in [2.45, 2.75) is 6.92 Å². The summed E-state index contributed by atoms with van der Waals surface area (Å²) in [5.74, 6) is 6.37. The maximum Gasteiger partial charge on any atom is 0.239 e. The number of nitrogen functional groups attached to an aromatic ring is 1. The summed E-state index contributed by atoms with van der Waals surface area (Å²) < 4.78 is 10.2. The molecule has 0 fully saturated rings. The lowest BCUT2D eigenvalue weighted by Gasteiger charge is -2.08. The number of nitrogens with zero attached hydrogens (tertiary/aromatic N) is 2. The number of ether oxygens (including phenoxy) is 2. The van der Waals surface area contributed by atoms with E-state index in [-0.39, 0.29) is 0 Å². The molecule has 0 spiro atoms. The van der Waals surface area contributed by atoms with E-state index in [2.05, 4.69) is 20.7 Å². The molecule has 0 saturated heterocycles. The van der Waals surface area contributed by atoms with Gasteiger partial charge in [-0.05, 0) is 6.92 Å². The van der Waals surface area contributed by atoms with E-state index in [1.807, 2.05) is 13.0 Å². The summed E-state index contributed by atoms with van der Waals surface area (Å²) in [5.41, 5.74) is 3.26. The average Bonchev–Trinajstić information content (AvgIpc) is 2.33. The molecule has 0 aliphatic rings. The summed E-state index contributed by atoms with van der Waals surface area (Å²) in [5, 5.41) is 3.12. The Morgan fingerprint density at radius 2 is 2.12 bits per heavy atom. The van der Waals surface area contributed by atoms with Crippen molar-refractivity contribution in [3.8, 4) is 0 Å². The van der Waals surface area contributed by atoms with Crippen molar-refractivity contribution in [2.75, 3.05) is 44.2 Å². The van der Waals surface area contributed by atoms with E-state index in [1.54, 1.807) is 7.11 Å². The van der Waals surface area contributed by atoms with E-state index in [1.165, 1.54) is 0 Å². The van der Waals surface area contributed by atoms with Crippen molar-refractivity contribution in [2.24, 2.45) is 5.84 Å². The first-order valence-electron chi connectivity index (χ1n) is 5.39. The van der Waals surface area contributed by atoms with Crippen LogP contribution < -0.4 is 16.6 Å². The second-order valence-corrected chi connectivity index (χ2v) is 3.39. The third-order valence-electron chi connectivity index (χ3n) is 1.97. The topological polar surface area (TPSA) is 94.3 Å². The minimum atomic E-state index is 0.396. The fraction of sp³-hybridized carbons (Fsp3) is 0.600. The van der Waals surface area contributed by atoms with Gasteiger partial charge in [-0.15, -0.1) is 0 Å². The van der Waals surface area contributed by atoms with Crippen molar-refractivity contribution < 1.29 is 9.47 Å². The number of hydrazine groups is 1. The van der Waals surface area contributed by atoms with E-state index in [4.69, 9.17) is 15.3 Å². The molecule has 0 atom stereocenters. The molecule has 4 N–H and O–H groups in total. The first-order chi connectivity index (χ1) is 8.26. The molecule has 96 valence electrons. The molecule has 17 heavy (non-hydrogen) atoms. The molecular formula is C10H19N5O2. The summed E-state index contributed by atoms with van der Waals surface area (Å²) >= 11 is 0. The van der Waals surface area contributed by atoms with Crippen molar-refractivity contribution in [3.63, 3.8) is 0 Å². The van der Waals surface area contributed by atoms with Crippen LogP contribution in [0.2, 0.25) is 0 Å². The van der Waals surface area contributed by atoms with Crippen LogP contribution >= 0.6 is 0 Å². The van der Waals surface area contributed by atoms with Crippen molar-refractivity contribution in [1.29, 1.82) is 0 Å². The highest BCUT2D eigenvalue weighted by atomic mass is 16.5. The third kappa shape index (κ3) is 5.43. The molecule has 0 saturated carbocycles. The fourth-order valence-electron chi connectivity index (χ4n) is 1.22. The number of hydrogen-bond donors (Lipinski definition) is 3. The van der Waals surface area contributed by atoms with Crippen LogP contribution in [0.3, 0.4) is 0 Å². The van der Waals surface area contributed by atoms with Crippen LogP contribution in [0.15, 0.2) is 6.07 Å². The number of nitrogens with two attached hydrogens (primary N) is 1. The molecule has 7 nitrogen and oxygen atoms in total. The molecule has 0 bridgehead atoms. The minimum absolute atomic E-state index is 0.396. The lowest BCUT2D eigenvalue weighted by molar-refractivity contribution is 0.0759. The fourth-order valence-corrected chi connectivity index (χ4v) is 1.22. The predicted octanol–water partition coefficient (Wildman–Crippen LogP) is 0.146. The second kappa shape index (κ2) is 7.77. The SMILES string of the molecule is COCCOCCNc1cc(C)nc(NN)n1. The number of aromatic nitrogens is 2. The smallest absolute Gasteiger partial charge is 0.239 e. The van der Waals surface area contributed by atoms with Crippen molar-refractivity contribution in [3.05, 3.63) is 11.8 Å². The highest BCUT2D eigenvalue weighted by Crippen LogP contribution is 2.07. The monoisotopic (exact) mass is 241 g/mol. The molecule has 1 heterocycles. The Morgan fingerprint density at radius 3 is 2.82 bits per heavy atom. The number of hydrogen-bond acceptors (Lipinski definition) is 7.